The maximum absolute atomic E-state index is 4.49. The second-order valence-electron chi connectivity index (χ2n) is 4.17. The first-order chi connectivity index (χ1) is 8.36. The average molecular weight is 223 g/mol. The monoisotopic (exact) mass is 223 g/mol. The Labute approximate surface area is 103 Å². The van der Waals surface area contributed by atoms with Crippen molar-refractivity contribution in [3.8, 4) is 0 Å². The Morgan fingerprint density at radius 2 is 1.53 bits per heavy atom. The van der Waals surface area contributed by atoms with Crippen LogP contribution in [0.25, 0.3) is 0 Å². The SMILES string of the molecule is CC(C=NCc1ccccc1)c1ccccc1. The highest BCUT2D eigenvalue weighted by molar-refractivity contribution is 5.67. The summed E-state index contributed by atoms with van der Waals surface area (Å²) in [4.78, 5) is 4.49. The quantitative estimate of drug-likeness (QED) is 0.693. The van der Waals surface area contributed by atoms with E-state index in [-0.39, 0.29) is 0 Å². The third-order valence-electron chi connectivity index (χ3n) is 2.77. The standard InChI is InChI=1S/C16H17N/c1-14(16-10-6-3-7-11-16)12-17-13-15-8-4-2-5-9-15/h2-12,14H,13H2,1H3. The molecule has 0 N–H and O–H groups in total. The summed E-state index contributed by atoms with van der Waals surface area (Å²) in [5.41, 5.74) is 2.56. The van der Waals surface area contributed by atoms with Gasteiger partial charge in [0.05, 0.1) is 6.54 Å². The maximum Gasteiger partial charge on any atom is 0.0636 e. The number of hydrogen-bond donors (Lipinski definition) is 0. The van der Waals surface area contributed by atoms with E-state index >= 15 is 0 Å². The molecule has 0 bridgehead atoms. The molecular weight excluding hydrogens is 206 g/mol. The number of rotatable bonds is 4. The average Bonchev–Trinajstić information content (AvgIpc) is 2.41. The highest BCUT2D eigenvalue weighted by atomic mass is 14.7. The lowest BCUT2D eigenvalue weighted by Crippen LogP contribution is -1.94. The van der Waals surface area contributed by atoms with Crippen molar-refractivity contribution in [1.29, 1.82) is 0 Å². The van der Waals surface area contributed by atoms with Crippen LogP contribution < -0.4 is 0 Å². The minimum Gasteiger partial charge on any atom is -0.292 e. The van der Waals surface area contributed by atoms with Crippen molar-refractivity contribution in [1.82, 2.24) is 0 Å². The van der Waals surface area contributed by atoms with Crippen LogP contribution >= 0.6 is 0 Å². The minimum absolute atomic E-state index is 0.375. The van der Waals surface area contributed by atoms with Gasteiger partial charge >= 0.3 is 0 Å². The number of hydrogen-bond acceptors (Lipinski definition) is 1. The fourth-order valence-corrected chi connectivity index (χ4v) is 1.74. The second-order valence-corrected chi connectivity index (χ2v) is 4.17. The summed E-state index contributed by atoms with van der Waals surface area (Å²) in [5.74, 6) is 0.375. The lowest BCUT2D eigenvalue weighted by molar-refractivity contribution is 0.999. The first-order valence-corrected chi connectivity index (χ1v) is 5.95. The molecule has 86 valence electrons. The molecule has 0 spiro atoms. The lowest BCUT2D eigenvalue weighted by atomic mass is 10.0. The molecule has 2 rings (SSSR count). The van der Waals surface area contributed by atoms with E-state index in [1.807, 2.05) is 30.5 Å². The van der Waals surface area contributed by atoms with Crippen molar-refractivity contribution in [2.75, 3.05) is 0 Å². The Bertz CT molecular complexity index is 459. The third-order valence-corrected chi connectivity index (χ3v) is 2.77. The van der Waals surface area contributed by atoms with E-state index in [2.05, 4.69) is 48.3 Å². The first-order valence-electron chi connectivity index (χ1n) is 5.95. The summed E-state index contributed by atoms with van der Waals surface area (Å²) in [6.45, 7) is 2.93. The van der Waals surface area contributed by atoms with Crippen LogP contribution in [0, 0.1) is 0 Å². The normalized spacial score (nSPS) is 12.8. The van der Waals surface area contributed by atoms with Crippen molar-refractivity contribution < 1.29 is 0 Å². The Morgan fingerprint density at radius 3 is 2.18 bits per heavy atom. The molecule has 0 aliphatic carbocycles. The zero-order chi connectivity index (χ0) is 11.9. The van der Waals surface area contributed by atoms with E-state index in [0.717, 1.165) is 6.54 Å². The van der Waals surface area contributed by atoms with Gasteiger partial charge in [-0.25, -0.2) is 0 Å². The molecule has 2 aromatic carbocycles. The lowest BCUT2D eigenvalue weighted by Gasteiger charge is -2.05. The molecule has 0 fully saturated rings. The van der Waals surface area contributed by atoms with Crippen LogP contribution in [0.4, 0.5) is 0 Å². The molecule has 0 radical (unpaired) electrons. The number of aliphatic imine (C=N–C) groups is 1. The first kappa shape index (κ1) is 11.6. The molecular formula is C16H17N. The Kier molecular flexibility index (Phi) is 4.09. The predicted molar refractivity (Wildman–Crippen MR) is 73.5 cm³/mol. The second kappa shape index (κ2) is 6.00. The van der Waals surface area contributed by atoms with Crippen LogP contribution in [0.3, 0.4) is 0 Å². The molecule has 0 aliphatic heterocycles. The fourth-order valence-electron chi connectivity index (χ4n) is 1.74. The van der Waals surface area contributed by atoms with Crippen molar-refractivity contribution >= 4 is 6.21 Å². The summed E-state index contributed by atoms with van der Waals surface area (Å²) in [5, 5.41) is 0. The summed E-state index contributed by atoms with van der Waals surface area (Å²) in [6.07, 6.45) is 2.03. The highest BCUT2D eigenvalue weighted by Crippen LogP contribution is 2.12. The van der Waals surface area contributed by atoms with E-state index in [1.54, 1.807) is 0 Å². The summed E-state index contributed by atoms with van der Waals surface area (Å²) < 4.78 is 0. The molecule has 1 atom stereocenters. The van der Waals surface area contributed by atoms with Crippen LogP contribution in [0.15, 0.2) is 65.7 Å². The highest BCUT2D eigenvalue weighted by Gasteiger charge is 1.99. The summed E-state index contributed by atoms with van der Waals surface area (Å²) in [7, 11) is 0. The van der Waals surface area contributed by atoms with Gasteiger partial charge in [0, 0.05) is 12.1 Å². The van der Waals surface area contributed by atoms with Gasteiger partial charge in [-0.05, 0) is 11.1 Å². The van der Waals surface area contributed by atoms with E-state index in [1.165, 1.54) is 11.1 Å². The maximum atomic E-state index is 4.49. The molecule has 1 nitrogen and oxygen atoms in total. The van der Waals surface area contributed by atoms with Gasteiger partial charge in [-0.15, -0.1) is 0 Å². The van der Waals surface area contributed by atoms with Crippen LogP contribution in [0.2, 0.25) is 0 Å². The van der Waals surface area contributed by atoms with E-state index in [4.69, 9.17) is 0 Å². The molecule has 1 unspecified atom stereocenters. The molecule has 0 aliphatic rings. The van der Waals surface area contributed by atoms with E-state index < -0.39 is 0 Å². The van der Waals surface area contributed by atoms with Crippen LogP contribution in [-0.2, 0) is 6.54 Å². The van der Waals surface area contributed by atoms with Gasteiger partial charge in [-0.2, -0.15) is 0 Å². The van der Waals surface area contributed by atoms with Crippen molar-refractivity contribution in [2.45, 2.75) is 19.4 Å². The predicted octanol–water partition coefficient (Wildman–Crippen LogP) is 4.06. The fraction of sp³-hybridized carbons (Fsp3) is 0.188. The molecule has 0 heterocycles. The van der Waals surface area contributed by atoms with Crippen LogP contribution in [0.5, 0.6) is 0 Å². The smallest absolute Gasteiger partial charge is 0.0636 e. The zero-order valence-corrected chi connectivity index (χ0v) is 10.1. The number of benzene rings is 2. The topological polar surface area (TPSA) is 12.4 Å². The molecule has 2 aromatic rings. The van der Waals surface area contributed by atoms with Gasteiger partial charge in [0.2, 0.25) is 0 Å². The zero-order valence-electron chi connectivity index (χ0n) is 10.1. The van der Waals surface area contributed by atoms with Crippen LogP contribution in [0.1, 0.15) is 24.0 Å². The van der Waals surface area contributed by atoms with E-state index in [9.17, 15) is 0 Å². The van der Waals surface area contributed by atoms with Gasteiger partial charge in [0.1, 0.15) is 0 Å². The van der Waals surface area contributed by atoms with Gasteiger partial charge in [0.15, 0.2) is 0 Å². The largest absolute Gasteiger partial charge is 0.292 e. The van der Waals surface area contributed by atoms with Gasteiger partial charge in [-0.3, -0.25) is 4.99 Å². The minimum atomic E-state index is 0.375. The van der Waals surface area contributed by atoms with Crippen LogP contribution in [-0.4, -0.2) is 6.21 Å². The van der Waals surface area contributed by atoms with Gasteiger partial charge < -0.3 is 0 Å². The Balaban J connectivity index is 1.93. The summed E-state index contributed by atoms with van der Waals surface area (Å²) in [6, 6.07) is 20.8. The summed E-state index contributed by atoms with van der Waals surface area (Å²) >= 11 is 0. The molecule has 17 heavy (non-hydrogen) atoms. The number of nitrogens with zero attached hydrogens (tertiary/aromatic N) is 1. The molecule has 0 aromatic heterocycles. The van der Waals surface area contributed by atoms with E-state index in [0.29, 0.717) is 5.92 Å². The van der Waals surface area contributed by atoms with Gasteiger partial charge in [-0.1, -0.05) is 67.6 Å². The third kappa shape index (κ3) is 3.56. The van der Waals surface area contributed by atoms with Crippen molar-refractivity contribution in [2.24, 2.45) is 4.99 Å². The Hall–Kier alpha value is -1.89. The van der Waals surface area contributed by atoms with Gasteiger partial charge in [0.25, 0.3) is 0 Å². The molecule has 0 amide bonds. The van der Waals surface area contributed by atoms with Crippen molar-refractivity contribution in [3.63, 3.8) is 0 Å². The molecule has 0 saturated carbocycles. The molecule has 1 heteroatoms. The Morgan fingerprint density at radius 1 is 0.941 bits per heavy atom. The van der Waals surface area contributed by atoms with Crippen molar-refractivity contribution in [3.05, 3.63) is 71.8 Å². The molecule has 0 saturated heterocycles.